The van der Waals surface area contributed by atoms with Gasteiger partial charge in [-0.2, -0.15) is 0 Å². The monoisotopic (exact) mass is 295 g/mol. The molecule has 0 aliphatic heterocycles. The van der Waals surface area contributed by atoms with E-state index in [2.05, 4.69) is 40.9 Å². The van der Waals surface area contributed by atoms with E-state index < -0.39 is 0 Å². The highest BCUT2D eigenvalue weighted by atomic mass is 32.1. The van der Waals surface area contributed by atoms with E-state index in [0.717, 1.165) is 28.7 Å². The zero-order chi connectivity index (χ0) is 14.2. The molecule has 0 bridgehead atoms. The van der Waals surface area contributed by atoms with Gasteiger partial charge in [-0.25, -0.2) is 9.97 Å². The zero-order valence-corrected chi connectivity index (χ0v) is 12.8. The molecular weight excluding hydrogens is 278 g/mol. The lowest BCUT2D eigenvalue weighted by Gasteiger charge is -2.04. The Hall–Kier alpha value is -1.94. The molecule has 21 heavy (non-hydrogen) atoms. The van der Waals surface area contributed by atoms with Crippen LogP contribution in [0.1, 0.15) is 18.7 Å². The highest BCUT2D eigenvalue weighted by Gasteiger charge is 2.26. The fourth-order valence-corrected chi connectivity index (χ4v) is 3.41. The Kier molecular flexibility index (Phi) is 3.11. The lowest BCUT2D eigenvalue weighted by molar-refractivity contribution is 0.720. The van der Waals surface area contributed by atoms with Crippen molar-refractivity contribution >= 4 is 11.3 Å². The molecule has 4 heteroatoms. The Labute approximate surface area is 128 Å². The van der Waals surface area contributed by atoms with Gasteiger partial charge < -0.3 is 4.57 Å². The summed E-state index contributed by atoms with van der Waals surface area (Å²) >= 11 is 1.67. The van der Waals surface area contributed by atoms with Crippen LogP contribution in [0.4, 0.5) is 0 Å². The average Bonchev–Trinajstić information content (AvgIpc) is 3.05. The maximum atomic E-state index is 4.95. The highest BCUT2D eigenvalue weighted by Crippen LogP contribution is 2.37. The van der Waals surface area contributed by atoms with E-state index >= 15 is 0 Å². The number of nitrogens with zero attached hydrogens (tertiary/aromatic N) is 3. The molecule has 1 aliphatic carbocycles. The second kappa shape index (κ2) is 5.11. The minimum Gasteiger partial charge on any atom is -0.329 e. The molecule has 2 heterocycles. The third-order valence-corrected chi connectivity index (χ3v) is 4.82. The van der Waals surface area contributed by atoms with Crippen LogP contribution in [0, 0.1) is 5.92 Å². The number of hydrogen-bond donors (Lipinski definition) is 0. The van der Waals surface area contributed by atoms with E-state index in [1.165, 1.54) is 24.2 Å². The van der Waals surface area contributed by atoms with Crippen molar-refractivity contribution in [3.63, 3.8) is 0 Å². The standard InChI is InChI=1S/C17H17N3S/c1-20-14(11-12-7-8-12)19-15(13-5-3-2-4-6-13)16(20)17-18-9-10-21-17/h2-6,9-10,12H,7-8,11H2,1H3. The summed E-state index contributed by atoms with van der Waals surface area (Å²) in [7, 11) is 2.12. The summed E-state index contributed by atoms with van der Waals surface area (Å²) in [6.07, 6.45) is 5.64. The van der Waals surface area contributed by atoms with Crippen molar-refractivity contribution in [1.82, 2.24) is 14.5 Å². The number of hydrogen-bond acceptors (Lipinski definition) is 3. The molecule has 1 aliphatic rings. The van der Waals surface area contributed by atoms with Crippen LogP contribution in [0.15, 0.2) is 41.9 Å². The van der Waals surface area contributed by atoms with Crippen LogP contribution in [0.5, 0.6) is 0 Å². The molecule has 4 rings (SSSR count). The molecule has 1 saturated carbocycles. The van der Waals surface area contributed by atoms with Crippen LogP contribution >= 0.6 is 11.3 Å². The third kappa shape index (κ3) is 2.40. The van der Waals surface area contributed by atoms with E-state index in [4.69, 9.17) is 4.98 Å². The first kappa shape index (κ1) is 12.8. The average molecular weight is 295 g/mol. The van der Waals surface area contributed by atoms with Crippen molar-refractivity contribution in [2.45, 2.75) is 19.3 Å². The van der Waals surface area contributed by atoms with Gasteiger partial charge in [0.25, 0.3) is 0 Å². The van der Waals surface area contributed by atoms with E-state index in [9.17, 15) is 0 Å². The van der Waals surface area contributed by atoms with Crippen LogP contribution in [0.25, 0.3) is 22.0 Å². The second-order valence-electron chi connectivity index (χ2n) is 5.64. The number of rotatable bonds is 4. The highest BCUT2D eigenvalue weighted by molar-refractivity contribution is 7.13. The molecule has 2 aromatic heterocycles. The Morgan fingerprint density at radius 3 is 2.71 bits per heavy atom. The first-order valence-corrected chi connectivity index (χ1v) is 8.22. The predicted octanol–water partition coefficient (Wildman–Crippen LogP) is 4.16. The topological polar surface area (TPSA) is 30.7 Å². The summed E-state index contributed by atoms with van der Waals surface area (Å²) in [6.45, 7) is 0. The first-order valence-electron chi connectivity index (χ1n) is 7.34. The van der Waals surface area contributed by atoms with Crippen molar-refractivity contribution in [1.29, 1.82) is 0 Å². The van der Waals surface area contributed by atoms with E-state index in [1.807, 2.05) is 17.6 Å². The predicted molar refractivity (Wildman–Crippen MR) is 86.2 cm³/mol. The molecule has 1 fully saturated rings. The van der Waals surface area contributed by atoms with Crippen molar-refractivity contribution in [3.8, 4) is 22.0 Å². The van der Waals surface area contributed by atoms with Crippen LogP contribution < -0.4 is 0 Å². The minimum atomic E-state index is 0.832. The Morgan fingerprint density at radius 2 is 2.05 bits per heavy atom. The van der Waals surface area contributed by atoms with Gasteiger partial charge in [0, 0.05) is 30.6 Å². The van der Waals surface area contributed by atoms with Gasteiger partial charge in [0.05, 0.1) is 5.69 Å². The molecule has 0 radical (unpaired) electrons. The molecule has 0 atom stereocenters. The lowest BCUT2D eigenvalue weighted by atomic mass is 10.1. The molecular formula is C17H17N3S. The van der Waals surface area contributed by atoms with Gasteiger partial charge in [-0.1, -0.05) is 30.3 Å². The molecule has 0 N–H and O–H groups in total. The Morgan fingerprint density at radius 1 is 1.24 bits per heavy atom. The maximum Gasteiger partial charge on any atom is 0.142 e. The van der Waals surface area contributed by atoms with Gasteiger partial charge in [0.15, 0.2) is 0 Å². The van der Waals surface area contributed by atoms with Crippen LogP contribution in [-0.4, -0.2) is 14.5 Å². The largest absolute Gasteiger partial charge is 0.329 e. The number of imidazole rings is 1. The summed E-state index contributed by atoms with van der Waals surface area (Å²) in [6, 6.07) is 10.4. The van der Waals surface area contributed by atoms with Gasteiger partial charge in [-0.05, 0) is 18.8 Å². The van der Waals surface area contributed by atoms with E-state index in [0.29, 0.717) is 0 Å². The van der Waals surface area contributed by atoms with Crippen molar-refractivity contribution in [3.05, 3.63) is 47.7 Å². The van der Waals surface area contributed by atoms with Crippen molar-refractivity contribution < 1.29 is 0 Å². The molecule has 3 nitrogen and oxygen atoms in total. The summed E-state index contributed by atoms with van der Waals surface area (Å²) in [5, 5.41) is 3.07. The normalized spacial score (nSPS) is 14.5. The summed E-state index contributed by atoms with van der Waals surface area (Å²) in [5.41, 5.74) is 3.37. The Balaban J connectivity index is 1.87. The number of thiazole rings is 1. The maximum absolute atomic E-state index is 4.95. The quantitative estimate of drug-likeness (QED) is 0.723. The second-order valence-corrected chi connectivity index (χ2v) is 6.53. The molecule has 106 valence electrons. The summed E-state index contributed by atoms with van der Waals surface area (Å²) < 4.78 is 2.24. The lowest BCUT2D eigenvalue weighted by Crippen LogP contribution is -2.00. The molecule has 0 saturated heterocycles. The van der Waals surface area contributed by atoms with Gasteiger partial charge >= 0.3 is 0 Å². The SMILES string of the molecule is Cn1c(CC2CC2)nc(-c2ccccc2)c1-c1nccs1. The van der Waals surface area contributed by atoms with E-state index in [-0.39, 0.29) is 0 Å². The minimum absolute atomic E-state index is 0.832. The van der Waals surface area contributed by atoms with Gasteiger partial charge in [0.1, 0.15) is 16.5 Å². The fourth-order valence-electron chi connectivity index (χ4n) is 2.69. The van der Waals surface area contributed by atoms with Crippen molar-refractivity contribution in [2.75, 3.05) is 0 Å². The van der Waals surface area contributed by atoms with Gasteiger partial charge in [0.2, 0.25) is 0 Å². The fraction of sp³-hybridized carbons (Fsp3) is 0.294. The Bertz CT molecular complexity index is 740. The summed E-state index contributed by atoms with van der Waals surface area (Å²) in [4.78, 5) is 9.45. The molecule has 1 aromatic carbocycles. The smallest absolute Gasteiger partial charge is 0.142 e. The van der Waals surface area contributed by atoms with Crippen LogP contribution in [-0.2, 0) is 13.5 Å². The molecule has 0 amide bonds. The number of aromatic nitrogens is 3. The van der Waals surface area contributed by atoms with Crippen LogP contribution in [0.3, 0.4) is 0 Å². The van der Waals surface area contributed by atoms with Crippen molar-refractivity contribution in [2.24, 2.45) is 13.0 Å². The third-order valence-electron chi connectivity index (χ3n) is 4.04. The number of benzene rings is 1. The van der Waals surface area contributed by atoms with Crippen LogP contribution in [0.2, 0.25) is 0 Å². The summed E-state index contributed by atoms with van der Waals surface area (Å²) in [5.74, 6) is 2.01. The molecule has 3 aromatic rings. The zero-order valence-electron chi connectivity index (χ0n) is 12.0. The van der Waals surface area contributed by atoms with Gasteiger partial charge in [-0.15, -0.1) is 11.3 Å². The molecule has 0 unspecified atom stereocenters. The van der Waals surface area contributed by atoms with Gasteiger partial charge in [-0.3, -0.25) is 0 Å². The first-order chi connectivity index (χ1) is 10.3. The molecule has 0 spiro atoms. The van der Waals surface area contributed by atoms with E-state index in [1.54, 1.807) is 11.3 Å².